The number of hydrogen-bond acceptors (Lipinski definition) is 3. The third-order valence-electron chi connectivity index (χ3n) is 2.68. The smallest absolute Gasteiger partial charge is 0.211 e. The largest absolute Gasteiger partial charge is 0.287 e. The highest BCUT2D eigenvalue weighted by Crippen LogP contribution is 2.19. The number of benzene rings is 1. The summed E-state index contributed by atoms with van der Waals surface area (Å²) in [5.74, 6) is 1.07. The standard InChI is InChI=1S/C14H16N2OS/c1-3-16-13(9-10-15-16)14(17)11-5-7-12(8-6-11)18-4-2/h5-10H,3-4H2,1-2H3. The van der Waals surface area contributed by atoms with E-state index in [1.807, 2.05) is 31.2 Å². The Hall–Kier alpha value is -1.55. The Bertz CT molecular complexity index is 531. The molecular formula is C14H16N2OS. The van der Waals surface area contributed by atoms with Crippen molar-refractivity contribution in [3.8, 4) is 0 Å². The van der Waals surface area contributed by atoms with Crippen LogP contribution in [0.4, 0.5) is 0 Å². The SMILES string of the molecule is CCSc1ccc(C(=O)c2ccnn2CC)cc1. The van der Waals surface area contributed by atoms with Crippen LogP contribution in [0.1, 0.15) is 29.9 Å². The van der Waals surface area contributed by atoms with Crippen LogP contribution in [-0.4, -0.2) is 21.3 Å². The van der Waals surface area contributed by atoms with Crippen LogP contribution in [0.25, 0.3) is 0 Å². The Labute approximate surface area is 111 Å². The predicted octanol–water partition coefficient (Wildman–Crippen LogP) is 3.25. The Morgan fingerprint density at radius 2 is 1.94 bits per heavy atom. The molecule has 0 amide bonds. The summed E-state index contributed by atoms with van der Waals surface area (Å²) in [5.41, 5.74) is 1.36. The molecule has 94 valence electrons. The summed E-state index contributed by atoms with van der Waals surface area (Å²) in [4.78, 5) is 13.5. The van der Waals surface area contributed by atoms with Crippen LogP contribution in [0.15, 0.2) is 41.4 Å². The van der Waals surface area contributed by atoms with Crippen LogP contribution in [0.5, 0.6) is 0 Å². The van der Waals surface area contributed by atoms with Crippen molar-refractivity contribution in [2.45, 2.75) is 25.3 Å². The summed E-state index contributed by atoms with van der Waals surface area (Å²) in [6.07, 6.45) is 1.66. The van der Waals surface area contributed by atoms with E-state index in [1.54, 1.807) is 28.7 Å². The van der Waals surface area contributed by atoms with Crippen molar-refractivity contribution in [1.82, 2.24) is 9.78 Å². The Kier molecular flexibility index (Phi) is 4.20. The average molecular weight is 260 g/mol. The minimum Gasteiger partial charge on any atom is -0.287 e. The van der Waals surface area contributed by atoms with Crippen molar-refractivity contribution in [3.05, 3.63) is 47.8 Å². The van der Waals surface area contributed by atoms with Crippen molar-refractivity contribution < 1.29 is 4.79 Å². The molecule has 0 fully saturated rings. The molecule has 0 aliphatic heterocycles. The van der Waals surface area contributed by atoms with E-state index in [0.29, 0.717) is 17.8 Å². The van der Waals surface area contributed by atoms with Gasteiger partial charge in [0.15, 0.2) is 0 Å². The molecule has 1 aromatic carbocycles. The molecule has 0 aliphatic rings. The predicted molar refractivity (Wildman–Crippen MR) is 74.2 cm³/mol. The quantitative estimate of drug-likeness (QED) is 0.611. The van der Waals surface area contributed by atoms with Crippen LogP contribution in [0.3, 0.4) is 0 Å². The van der Waals surface area contributed by atoms with Gasteiger partial charge in [-0.1, -0.05) is 6.92 Å². The van der Waals surface area contributed by atoms with Gasteiger partial charge in [0.1, 0.15) is 5.69 Å². The highest BCUT2D eigenvalue weighted by molar-refractivity contribution is 7.99. The number of aromatic nitrogens is 2. The second kappa shape index (κ2) is 5.87. The monoisotopic (exact) mass is 260 g/mol. The molecule has 0 saturated heterocycles. The molecule has 0 saturated carbocycles. The Balaban J connectivity index is 2.23. The number of nitrogens with zero attached hydrogens (tertiary/aromatic N) is 2. The number of ketones is 1. The fourth-order valence-electron chi connectivity index (χ4n) is 1.79. The highest BCUT2D eigenvalue weighted by Gasteiger charge is 2.13. The zero-order chi connectivity index (χ0) is 13.0. The first-order valence-corrected chi connectivity index (χ1v) is 7.04. The number of thioether (sulfide) groups is 1. The average Bonchev–Trinajstić information content (AvgIpc) is 2.87. The van der Waals surface area contributed by atoms with E-state index < -0.39 is 0 Å². The molecule has 0 aliphatic carbocycles. The lowest BCUT2D eigenvalue weighted by atomic mass is 10.1. The fraction of sp³-hybridized carbons (Fsp3) is 0.286. The molecule has 2 aromatic rings. The molecule has 0 radical (unpaired) electrons. The van der Waals surface area contributed by atoms with Gasteiger partial charge < -0.3 is 0 Å². The second-order valence-corrected chi connectivity index (χ2v) is 5.16. The van der Waals surface area contributed by atoms with Crippen LogP contribution in [0.2, 0.25) is 0 Å². The van der Waals surface area contributed by atoms with Gasteiger partial charge in [-0.05, 0) is 43.0 Å². The zero-order valence-corrected chi connectivity index (χ0v) is 11.4. The molecule has 18 heavy (non-hydrogen) atoms. The maximum Gasteiger partial charge on any atom is 0.211 e. The summed E-state index contributed by atoms with van der Waals surface area (Å²) < 4.78 is 1.72. The van der Waals surface area contributed by atoms with E-state index in [9.17, 15) is 4.79 Å². The number of carbonyl (C=O) groups excluding carboxylic acids is 1. The van der Waals surface area contributed by atoms with Crippen molar-refractivity contribution >= 4 is 17.5 Å². The van der Waals surface area contributed by atoms with Gasteiger partial charge in [0.05, 0.1) is 0 Å². The van der Waals surface area contributed by atoms with E-state index in [4.69, 9.17) is 0 Å². The first-order valence-electron chi connectivity index (χ1n) is 6.05. The fourth-order valence-corrected chi connectivity index (χ4v) is 2.46. The van der Waals surface area contributed by atoms with E-state index in [1.165, 1.54) is 4.90 Å². The topological polar surface area (TPSA) is 34.9 Å². The van der Waals surface area contributed by atoms with Crippen molar-refractivity contribution in [2.75, 3.05) is 5.75 Å². The van der Waals surface area contributed by atoms with E-state index in [2.05, 4.69) is 12.0 Å². The molecule has 0 N–H and O–H groups in total. The van der Waals surface area contributed by atoms with Gasteiger partial charge in [-0.2, -0.15) is 5.10 Å². The maximum absolute atomic E-state index is 12.3. The molecular weight excluding hydrogens is 244 g/mol. The van der Waals surface area contributed by atoms with Crippen molar-refractivity contribution in [1.29, 1.82) is 0 Å². The normalized spacial score (nSPS) is 10.6. The van der Waals surface area contributed by atoms with Gasteiger partial charge in [0, 0.05) is 23.2 Å². The molecule has 4 heteroatoms. The van der Waals surface area contributed by atoms with E-state index in [-0.39, 0.29) is 5.78 Å². The van der Waals surface area contributed by atoms with E-state index >= 15 is 0 Å². The third kappa shape index (κ3) is 2.64. The number of hydrogen-bond donors (Lipinski definition) is 0. The Morgan fingerprint density at radius 1 is 1.22 bits per heavy atom. The maximum atomic E-state index is 12.3. The molecule has 0 bridgehead atoms. The lowest BCUT2D eigenvalue weighted by Gasteiger charge is -2.05. The van der Waals surface area contributed by atoms with Gasteiger partial charge in [-0.3, -0.25) is 9.48 Å². The molecule has 1 aromatic heterocycles. The van der Waals surface area contributed by atoms with Gasteiger partial charge in [-0.25, -0.2) is 0 Å². The first-order chi connectivity index (χ1) is 8.76. The van der Waals surface area contributed by atoms with E-state index in [0.717, 1.165) is 5.75 Å². The number of carbonyl (C=O) groups is 1. The second-order valence-electron chi connectivity index (χ2n) is 3.82. The lowest BCUT2D eigenvalue weighted by molar-refractivity contribution is 0.102. The van der Waals surface area contributed by atoms with Crippen molar-refractivity contribution in [2.24, 2.45) is 0 Å². The van der Waals surface area contributed by atoms with Crippen LogP contribution in [-0.2, 0) is 6.54 Å². The third-order valence-corrected chi connectivity index (χ3v) is 3.57. The van der Waals surface area contributed by atoms with Crippen molar-refractivity contribution in [3.63, 3.8) is 0 Å². The van der Waals surface area contributed by atoms with Crippen LogP contribution in [0, 0.1) is 0 Å². The first kappa shape index (κ1) is 12.9. The van der Waals surface area contributed by atoms with Gasteiger partial charge in [0.25, 0.3) is 0 Å². The van der Waals surface area contributed by atoms with Crippen LogP contribution >= 0.6 is 11.8 Å². The number of aryl methyl sites for hydroxylation is 1. The Morgan fingerprint density at radius 3 is 2.56 bits per heavy atom. The summed E-state index contributed by atoms with van der Waals surface area (Å²) in [6.45, 7) is 4.80. The molecule has 0 unspecified atom stereocenters. The summed E-state index contributed by atoms with van der Waals surface area (Å²) in [6, 6.07) is 9.52. The van der Waals surface area contributed by atoms with Gasteiger partial charge >= 0.3 is 0 Å². The summed E-state index contributed by atoms with van der Waals surface area (Å²) in [5, 5.41) is 4.12. The molecule has 2 rings (SSSR count). The summed E-state index contributed by atoms with van der Waals surface area (Å²) >= 11 is 1.77. The molecule has 0 spiro atoms. The molecule has 1 heterocycles. The highest BCUT2D eigenvalue weighted by atomic mass is 32.2. The zero-order valence-electron chi connectivity index (χ0n) is 10.6. The number of rotatable bonds is 5. The molecule has 3 nitrogen and oxygen atoms in total. The lowest BCUT2D eigenvalue weighted by Crippen LogP contribution is -2.10. The van der Waals surface area contributed by atoms with Gasteiger partial charge in [-0.15, -0.1) is 11.8 Å². The van der Waals surface area contributed by atoms with Gasteiger partial charge in [0.2, 0.25) is 5.78 Å². The minimum absolute atomic E-state index is 0.0300. The minimum atomic E-state index is 0.0300. The summed E-state index contributed by atoms with van der Waals surface area (Å²) in [7, 11) is 0. The van der Waals surface area contributed by atoms with Crippen LogP contribution < -0.4 is 0 Å². The molecule has 0 atom stereocenters.